The molecule has 2 N–H and O–H groups in total. The van der Waals surface area contributed by atoms with E-state index in [1.165, 1.54) is 22.9 Å². The second kappa shape index (κ2) is 1.65. The van der Waals surface area contributed by atoms with Gasteiger partial charge in [0.2, 0.25) is 0 Å². The first-order chi connectivity index (χ1) is 4.38. The number of rotatable bonds is 0. The lowest BCUT2D eigenvalue weighted by Crippen LogP contribution is -1.74. The van der Waals surface area contributed by atoms with Crippen LogP contribution < -0.4 is 5.73 Å². The fourth-order valence-corrected chi connectivity index (χ4v) is 2.00. The maximum Gasteiger partial charge on any atom is 0.185 e. The molecule has 46 valence electrons. The molecule has 0 bridgehead atoms. The number of nitrogen functional groups attached to an aromatic ring is 1. The summed E-state index contributed by atoms with van der Waals surface area (Å²) < 4.78 is 5.01. The molecule has 0 amide bonds. The van der Waals surface area contributed by atoms with E-state index in [1.54, 1.807) is 5.51 Å². The van der Waals surface area contributed by atoms with Crippen molar-refractivity contribution in [1.29, 1.82) is 0 Å². The highest BCUT2D eigenvalue weighted by Crippen LogP contribution is 2.26. The largest absolute Gasteiger partial charge is 0.388 e. The molecule has 0 unspecified atom stereocenters. The van der Waals surface area contributed by atoms with Crippen LogP contribution in [0.5, 0.6) is 0 Å². The molecule has 0 fully saturated rings. The van der Waals surface area contributed by atoms with Gasteiger partial charge in [-0.3, -0.25) is 0 Å². The van der Waals surface area contributed by atoms with Gasteiger partial charge in [0.25, 0.3) is 0 Å². The first-order valence-electron chi connectivity index (χ1n) is 2.32. The highest BCUT2D eigenvalue weighted by atomic mass is 32.1. The van der Waals surface area contributed by atoms with E-state index < -0.39 is 0 Å². The van der Waals surface area contributed by atoms with E-state index in [1.807, 2.05) is 0 Å². The zero-order valence-corrected chi connectivity index (χ0v) is 6.00. The van der Waals surface area contributed by atoms with Crippen molar-refractivity contribution in [3.8, 4) is 0 Å². The van der Waals surface area contributed by atoms with Crippen molar-refractivity contribution in [2.75, 3.05) is 5.73 Å². The number of thiazole rings is 1. The van der Waals surface area contributed by atoms with Gasteiger partial charge in [-0.05, 0) is 11.5 Å². The molecule has 2 aromatic rings. The summed E-state index contributed by atoms with van der Waals surface area (Å²) in [6.07, 6.45) is 0. The minimum Gasteiger partial charge on any atom is -0.388 e. The average molecular weight is 157 g/mol. The zero-order chi connectivity index (χ0) is 6.27. The fraction of sp³-hybridized carbons (Fsp3) is 0. The third-order valence-corrected chi connectivity index (χ3v) is 2.65. The maximum atomic E-state index is 5.55. The van der Waals surface area contributed by atoms with Gasteiger partial charge >= 0.3 is 0 Å². The molecule has 2 rings (SSSR count). The van der Waals surface area contributed by atoms with Crippen molar-refractivity contribution < 1.29 is 0 Å². The molecule has 0 radical (unpaired) electrons. The number of nitrogens with two attached hydrogens (primary N) is 1. The Balaban J connectivity index is 2.99. The summed E-state index contributed by atoms with van der Waals surface area (Å²) in [4.78, 5) is 3.98. The highest BCUT2D eigenvalue weighted by Gasteiger charge is 2.02. The molecule has 2 aromatic heterocycles. The van der Waals surface area contributed by atoms with Crippen LogP contribution in [0.15, 0.2) is 5.51 Å². The lowest BCUT2D eigenvalue weighted by atomic mass is 10.6. The Morgan fingerprint density at radius 3 is 3.22 bits per heavy atom. The second-order valence-corrected chi connectivity index (χ2v) is 3.21. The summed E-state index contributed by atoms with van der Waals surface area (Å²) in [5.41, 5.74) is 8.08. The SMILES string of the molecule is Nc1snc2ncsc12. The van der Waals surface area contributed by atoms with Gasteiger partial charge in [-0.2, -0.15) is 4.37 Å². The number of hydrogen-bond acceptors (Lipinski definition) is 5. The Morgan fingerprint density at radius 2 is 2.44 bits per heavy atom. The van der Waals surface area contributed by atoms with E-state index in [-0.39, 0.29) is 0 Å². The quantitative estimate of drug-likeness (QED) is 0.627. The van der Waals surface area contributed by atoms with Crippen molar-refractivity contribution in [2.45, 2.75) is 0 Å². The maximum absolute atomic E-state index is 5.55. The van der Waals surface area contributed by atoms with Gasteiger partial charge in [0.1, 0.15) is 9.70 Å². The van der Waals surface area contributed by atoms with Crippen molar-refractivity contribution >= 4 is 38.2 Å². The van der Waals surface area contributed by atoms with Crippen LogP contribution in [0.1, 0.15) is 0 Å². The molecule has 0 aromatic carbocycles. The molecule has 0 atom stereocenters. The molecule has 0 aliphatic heterocycles. The summed E-state index contributed by atoms with van der Waals surface area (Å²) in [6.45, 7) is 0. The van der Waals surface area contributed by atoms with Gasteiger partial charge in [-0.25, -0.2) is 4.98 Å². The minimum atomic E-state index is 0.771. The Morgan fingerprint density at radius 1 is 1.56 bits per heavy atom. The molecule has 0 spiro atoms. The predicted molar refractivity (Wildman–Crippen MR) is 39.7 cm³/mol. The van der Waals surface area contributed by atoms with Gasteiger partial charge in [0.05, 0.1) is 5.51 Å². The van der Waals surface area contributed by atoms with Crippen LogP contribution in [0.3, 0.4) is 0 Å². The summed E-state index contributed by atoms with van der Waals surface area (Å²) >= 11 is 2.83. The topological polar surface area (TPSA) is 51.8 Å². The van der Waals surface area contributed by atoms with E-state index in [4.69, 9.17) is 5.73 Å². The Hall–Kier alpha value is -0.680. The molecule has 0 aliphatic rings. The van der Waals surface area contributed by atoms with E-state index in [0.29, 0.717) is 0 Å². The number of hydrogen-bond donors (Lipinski definition) is 1. The summed E-state index contributed by atoms with van der Waals surface area (Å²) in [5.74, 6) is 0. The molecule has 3 nitrogen and oxygen atoms in total. The Labute approximate surface area is 59.3 Å². The molecule has 9 heavy (non-hydrogen) atoms. The van der Waals surface area contributed by atoms with Gasteiger partial charge in [0.15, 0.2) is 5.65 Å². The third-order valence-electron chi connectivity index (χ3n) is 1.00. The Kier molecular flexibility index (Phi) is 0.940. The molecular formula is C4H3N3S2. The standard InChI is InChI=1S/C4H3N3S2/c5-3-2-4(7-9-3)6-1-8-2/h1H,5H2. The van der Waals surface area contributed by atoms with Crippen LogP contribution in [0.25, 0.3) is 10.3 Å². The molecule has 5 heteroatoms. The fourth-order valence-electron chi connectivity index (χ4n) is 0.607. The Bertz CT molecular complexity index is 323. The van der Waals surface area contributed by atoms with E-state index in [0.717, 1.165) is 15.3 Å². The van der Waals surface area contributed by atoms with Crippen molar-refractivity contribution in [3.63, 3.8) is 0 Å². The second-order valence-electron chi connectivity index (χ2n) is 1.55. The zero-order valence-electron chi connectivity index (χ0n) is 4.37. The first kappa shape index (κ1) is 5.13. The van der Waals surface area contributed by atoms with Gasteiger partial charge in [-0.15, -0.1) is 11.3 Å². The summed E-state index contributed by atoms with van der Waals surface area (Å²) in [6, 6.07) is 0. The van der Waals surface area contributed by atoms with E-state index in [2.05, 4.69) is 9.36 Å². The van der Waals surface area contributed by atoms with Crippen LogP contribution in [0, 0.1) is 0 Å². The van der Waals surface area contributed by atoms with Crippen molar-refractivity contribution in [1.82, 2.24) is 9.36 Å². The van der Waals surface area contributed by atoms with Crippen LogP contribution in [0.2, 0.25) is 0 Å². The lowest BCUT2D eigenvalue weighted by Gasteiger charge is -1.73. The summed E-state index contributed by atoms with van der Waals surface area (Å²) in [7, 11) is 0. The first-order valence-corrected chi connectivity index (χ1v) is 3.97. The summed E-state index contributed by atoms with van der Waals surface area (Å²) in [5, 5.41) is 0.771. The third kappa shape index (κ3) is 0.617. The lowest BCUT2D eigenvalue weighted by molar-refractivity contribution is 1.44. The van der Waals surface area contributed by atoms with Crippen molar-refractivity contribution in [2.24, 2.45) is 0 Å². The monoisotopic (exact) mass is 157 g/mol. The number of nitrogens with zero attached hydrogens (tertiary/aromatic N) is 2. The van der Waals surface area contributed by atoms with Crippen LogP contribution >= 0.6 is 22.9 Å². The molecule has 0 saturated heterocycles. The predicted octanol–water partition coefficient (Wildman–Crippen LogP) is 1.33. The van der Waals surface area contributed by atoms with Crippen LogP contribution in [-0.4, -0.2) is 9.36 Å². The van der Waals surface area contributed by atoms with Crippen LogP contribution in [-0.2, 0) is 0 Å². The normalized spacial score (nSPS) is 10.7. The smallest absolute Gasteiger partial charge is 0.185 e. The average Bonchev–Trinajstić information content (AvgIpc) is 2.35. The number of aromatic nitrogens is 2. The van der Waals surface area contributed by atoms with E-state index in [9.17, 15) is 0 Å². The van der Waals surface area contributed by atoms with Gasteiger partial charge in [0, 0.05) is 0 Å². The number of anilines is 1. The molecular weight excluding hydrogens is 154 g/mol. The molecule has 0 aliphatic carbocycles. The van der Waals surface area contributed by atoms with Gasteiger partial charge in [-0.1, -0.05) is 0 Å². The van der Waals surface area contributed by atoms with E-state index >= 15 is 0 Å². The highest BCUT2D eigenvalue weighted by molar-refractivity contribution is 7.22. The molecule has 0 saturated carbocycles. The van der Waals surface area contributed by atoms with Gasteiger partial charge < -0.3 is 5.73 Å². The van der Waals surface area contributed by atoms with Crippen molar-refractivity contribution in [3.05, 3.63) is 5.51 Å². The molecule has 2 heterocycles. The number of fused-ring (bicyclic) bond motifs is 1. The van der Waals surface area contributed by atoms with Crippen LogP contribution in [0.4, 0.5) is 5.00 Å². The minimum absolute atomic E-state index is 0.771.